The average molecular weight is 191 g/mol. The molecule has 1 unspecified atom stereocenters. The van der Waals surface area contributed by atoms with E-state index >= 15 is 0 Å². The fourth-order valence-electron chi connectivity index (χ4n) is 0.693. The molecule has 0 heterocycles. The Morgan fingerprint density at radius 3 is 2.77 bits per heavy atom. The molecule has 13 heavy (non-hydrogen) atoms. The molecule has 0 aromatic heterocycles. The molecular formula is C8H17NO4. The summed E-state index contributed by atoms with van der Waals surface area (Å²) in [6.07, 6.45) is -0.859. The number of rotatable bonds is 7. The van der Waals surface area contributed by atoms with Gasteiger partial charge in [-0.15, -0.1) is 0 Å². The molecule has 0 rings (SSSR count). The first kappa shape index (κ1) is 12.3. The molecule has 3 N–H and O–H groups in total. The minimum absolute atomic E-state index is 0.0530. The largest absolute Gasteiger partial charge is 0.463 e. The van der Waals surface area contributed by atoms with E-state index in [1.807, 2.05) is 6.92 Å². The van der Waals surface area contributed by atoms with E-state index in [0.717, 1.165) is 0 Å². The maximum Gasteiger partial charge on any atom is 0.308 e. The zero-order valence-electron chi connectivity index (χ0n) is 7.86. The molecule has 0 aliphatic carbocycles. The SMILES string of the molecule is CCOCCOC(=O)CC(O)CN. The van der Waals surface area contributed by atoms with Gasteiger partial charge in [-0.05, 0) is 6.92 Å². The van der Waals surface area contributed by atoms with Crippen LogP contribution in [0, 0.1) is 0 Å². The Kier molecular flexibility index (Phi) is 7.57. The number of carbonyl (C=O) groups excluding carboxylic acids is 1. The molecule has 0 aliphatic heterocycles. The highest BCUT2D eigenvalue weighted by Gasteiger charge is 2.09. The van der Waals surface area contributed by atoms with Crippen molar-refractivity contribution in [1.82, 2.24) is 0 Å². The second kappa shape index (κ2) is 7.97. The molecule has 0 saturated heterocycles. The molecule has 0 amide bonds. The lowest BCUT2D eigenvalue weighted by Crippen LogP contribution is -2.24. The van der Waals surface area contributed by atoms with E-state index in [0.29, 0.717) is 13.2 Å². The molecule has 5 heteroatoms. The first-order chi connectivity index (χ1) is 6.20. The van der Waals surface area contributed by atoms with E-state index in [-0.39, 0.29) is 19.6 Å². The van der Waals surface area contributed by atoms with E-state index in [4.69, 9.17) is 20.3 Å². The highest BCUT2D eigenvalue weighted by atomic mass is 16.6. The van der Waals surface area contributed by atoms with Crippen LogP contribution in [0.2, 0.25) is 0 Å². The summed E-state index contributed by atoms with van der Waals surface area (Å²) < 4.78 is 9.69. The smallest absolute Gasteiger partial charge is 0.308 e. The van der Waals surface area contributed by atoms with Crippen LogP contribution in [0.5, 0.6) is 0 Å². The van der Waals surface area contributed by atoms with Crippen LogP contribution in [0.4, 0.5) is 0 Å². The number of esters is 1. The monoisotopic (exact) mass is 191 g/mol. The number of hydrogen-bond acceptors (Lipinski definition) is 5. The van der Waals surface area contributed by atoms with Gasteiger partial charge in [0, 0.05) is 13.2 Å². The summed E-state index contributed by atoms with van der Waals surface area (Å²) in [5, 5.41) is 8.97. The Hall–Kier alpha value is -0.650. The number of ether oxygens (including phenoxy) is 2. The van der Waals surface area contributed by atoms with Crippen molar-refractivity contribution in [2.24, 2.45) is 5.73 Å². The van der Waals surface area contributed by atoms with Crippen LogP contribution >= 0.6 is 0 Å². The van der Waals surface area contributed by atoms with E-state index in [1.165, 1.54) is 0 Å². The van der Waals surface area contributed by atoms with Gasteiger partial charge in [0.15, 0.2) is 0 Å². The quantitative estimate of drug-likeness (QED) is 0.410. The minimum Gasteiger partial charge on any atom is -0.463 e. The predicted molar refractivity (Wildman–Crippen MR) is 47.1 cm³/mol. The Balaban J connectivity index is 3.30. The number of aliphatic hydroxyl groups is 1. The third-order valence-corrected chi connectivity index (χ3v) is 1.37. The van der Waals surface area contributed by atoms with E-state index in [1.54, 1.807) is 0 Å². The van der Waals surface area contributed by atoms with Crippen molar-refractivity contribution in [1.29, 1.82) is 0 Å². The standard InChI is InChI=1S/C8H17NO4/c1-2-12-3-4-13-8(11)5-7(10)6-9/h7,10H,2-6,9H2,1H3. The number of carbonyl (C=O) groups is 1. The van der Waals surface area contributed by atoms with Gasteiger partial charge in [0.25, 0.3) is 0 Å². The molecule has 0 fully saturated rings. The van der Waals surface area contributed by atoms with Gasteiger partial charge in [-0.2, -0.15) is 0 Å². The van der Waals surface area contributed by atoms with Crippen LogP contribution in [-0.2, 0) is 14.3 Å². The van der Waals surface area contributed by atoms with Crippen molar-refractivity contribution in [3.63, 3.8) is 0 Å². The second-order valence-corrected chi connectivity index (χ2v) is 2.51. The van der Waals surface area contributed by atoms with Gasteiger partial charge < -0.3 is 20.3 Å². The summed E-state index contributed by atoms with van der Waals surface area (Å²) in [5.74, 6) is -0.447. The van der Waals surface area contributed by atoms with E-state index in [9.17, 15) is 4.79 Å². The van der Waals surface area contributed by atoms with Gasteiger partial charge in [0.2, 0.25) is 0 Å². The Morgan fingerprint density at radius 1 is 1.54 bits per heavy atom. The molecule has 0 radical (unpaired) electrons. The van der Waals surface area contributed by atoms with E-state index < -0.39 is 12.1 Å². The molecule has 78 valence electrons. The van der Waals surface area contributed by atoms with Crippen molar-refractivity contribution in [3.05, 3.63) is 0 Å². The van der Waals surface area contributed by atoms with Crippen LogP contribution in [0.1, 0.15) is 13.3 Å². The highest BCUT2D eigenvalue weighted by Crippen LogP contribution is 1.92. The summed E-state index contributed by atoms with van der Waals surface area (Å²) in [7, 11) is 0. The summed E-state index contributed by atoms with van der Waals surface area (Å²) in [6.45, 7) is 3.15. The third-order valence-electron chi connectivity index (χ3n) is 1.37. The lowest BCUT2D eigenvalue weighted by atomic mass is 10.2. The summed E-state index contributed by atoms with van der Waals surface area (Å²) >= 11 is 0. The van der Waals surface area contributed by atoms with Crippen LogP contribution in [0.3, 0.4) is 0 Å². The van der Waals surface area contributed by atoms with Crippen LogP contribution < -0.4 is 5.73 Å². The summed E-state index contributed by atoms with van der Waals surface area (Å²) in [4.78, 5) is 10.9. The van der Waals surface area contributed by atoms with Gasteiger partial charge in [0.1, 0.15) is 6.61 Å². The molecule has 5 nitrogen and oxygen atoms in total. The van der Waals surface area contributed by atoms with Crippen molar-refractivity contribution in [2.45, 2.75) is 19.4 Å². The van der Waals surface area contributed by atoms with Crippen molar-refractivity contribution >= 4 is 5.97 Å². The van der Waals surface area contributed by atoms with Gasteiger partial charge in [-0.3, -0.25) is 4.79 Å². The molecule has 0 saturated carbocycles. The molecule has 0 aromatic rings. The average Bonchev–Trinajstić information content (AvgIpc) is 2.12. The maximum absolute atomic E-state index is 10.9. The van der Waals surface area contributed by atoms with Crippen LogP contribution in [0.25, 0.3) is 0 Å². The van der Waals surface area contributed by atoms with Gasteiger partial charge in [-0.25, -0.2) is 0 Å². The first-order valence-electron chi connectivity index (χ1n) is 4.32. The second-order valence-electron chi connectivity index (χ2n) is 2.51. The Bertz CT molecular complexity index is 140. The molecule has 0 bridgehead atoms. The van der Waals surface area contributed by atoms with Crippen LogP contribution in [-0.4, -0.2) is 43.5 Å². The molecule has 1 atom stereocenters. The lowest BCUT2D eigenvalue weighted by Gasteiger charge is -2.07. The van der Waals surface area contributed by atoms with Gasteiger partial charge in [0.05, 0.1) is 19.1 Å². The van der Waals surface area contributed by atoms with Crippen LogP contribution in [0.15, 0.2) is 0 Å². The Morgan fingerprint density at radius 2 is 2.23 bits per heavy atom. The highest BCUT2D eigenvalue weighted by molar-refractivity contribution is 5.69. The zero-order chi connectivity index (χ0) is 10.1. The molecular weight excluding hydrogens is 174 g/mol. The summed E-state index contributed by atoms with van der Waals surface area (Å²) in [6, 6.07) is 0. The van der Waals surface area contributed by atoms with Crippen molar-refractivity contribution in [2.75, 3.05) is 26.4 Å². The molecule has 0 aliphatic rings. The molecule has 0 spiro atoms. The third kappa shape index (κ3) is 7.70. The fraction of sp³-hybridized carbons (Fsp3) is 0.875. The lowest BCUT2D eigenvalue weighted by molar-refractivity contribution is -0.147. The van der Waals surface area contributed by atoms with Crippen molar-refractivity contribution < 1.29 is 19.4 Å². The van der Waals surface area contributed by atoms with Crippen molar-refractivity contribution in [3.8, 4) is 0 Å². The number of aliphatic hydroxyl groups excluding tert-OH is 1. The van der Waals surface area contributed by atoms with Gasteiger partial charge >= 0.3 is 5.97 Å². The van der Waals surface area contributed by atoms with E-state index in [2.05, 4.69) is 0 Å². The fourth-order valence-corrected chi connectivity index (χ4v) is 0.693. The Labute approximate surface area is 77.8 Å². The zero-order valence-corrected chi connectivity index (χ0v) is 7.86. The first-order valence-corrected chi connectivity index (χ1v) is 4.32. The number of hydrogen-bond donors (Lipinski definition) is 2. The molecule has 0 aromatic carbocycles. The topological polar surface area (TPSA) is 81.8 Å². The summed E-state index contributed by atoms with van der Waals surface area (Å²) in [5.41, 5.74) is 5.11. The minimum atomic E-state index is -0.806. The maximum atomic E-state index is 10.9. The number of nitrogens with two attached hydrogens (primary N) is 1. The predicted octanol–water partition coefficient (Wildman–Crippen LogP) is -0.724. The van der Waals surface area contributed by atoms with Gasteiger partial charge in [-0.1, -0.05) is 0 Å². The normalized spacial score (nSPS) is 12.5.